The number of hydrogen-bond donors (Lipinski definition) is 2. The molecule has 0 aliphatic rings. The monoisotopic (exact) mass is 427 g/mol. The van der Waals surface area contributed by atoms with Gasteiger partial charge in [0.1, 0.15) is 11.6 Å². The summed E-state index contributed by atoms with van der Waals surface area (Å²) in [4.78, 5) is 12.4. The molecule has 0 saturated carbocycles. The van der Waals surface area contributed by atoms with Crippen LogP contribution in [-0.4, -0.2) is 32.5 Å². The molecule has 1 aromatic heterocycles. The topological polar surface area (TPSA) is 81.1 Å². The fourth-order valence-corrected chi connectivity index (χ4v) is 3.54. The number of ether oxygens (including phenoxy) is 1. The highest BCUT2D eigenvalue weighted by molar-refractivity contribution is 7.98. The summed E-state index contributed by atoms with van der Waals surface area (Å²) in [6, 6.07) is 16.9. The molecule has 0 radical (unpaired) electrons. The molecule has 0 aliphatic heterocycles. The Balaban J connectivity index is 1.60. The number of nitrogens with zero attached hydrogens (tertiary/aromatic N) is 3. The zero-order valence-electron chi connectivity index (χ0n) is 16.1. The Kier molecular flexibility index (Phi) is 7.20. The number of aryl methyl sites for hydroxylation is 1. The van der Waals surface area contributed by atoms with E-state index >= 15 is 0 Å². The molecule has 9 heteroatoms. The largest absolute Gasteiger partial charge is 0.494 e. The average molecular weight is 428 g/mol. The van der Waals surface area contributed by atoms with Crippen molar-refractivity contribution in [1.82, 2.24) is 20.2 Å². The van der Waals surface area contributed by atoms with E-state index in [0.717, 1.165) is 5.75 Å². The number of benzene rings is 2. The van der Waals surface area contributed by atoms with Crippen molar-refractivity contribution in [2.24, 2.45) is 0 Å². The highest BCUT2D eigenvalue weighted by Gasteiger charge is 2.13. The van der Waals surface area contributed by atoms with E-state index in [4.69, 9.17) is 17.0 Å². The van der Waals surface area contributed by atoms with Gasteiger partial charge in [0, 0.05) is 11.3 Å². The maximum Gasteiger partial charge on any atom is 0.257 e. The Morgan fingerprint density at radius 2 is 1.86 bits per heavy atom. The van der Waals surface area contributed by atoms with Crippen molar-refractivity contribution in [3.63, 3.8) is 0 Å². The molecule has 0 unspecified atom stereocenters. The van der Waals surface area contributed by atoms with Crippen molar-refractivity contribution in [2.45, 2.75) is 24.8 Å². The summed E-state index contributed by atoms with van der Waals surface area (Å²) >= 11 is 6.81. The first-order valence-electron chi connectivity index (χ1n) is 9.00. The molecule has 0 bridgehead atoms. The quantitative estimate of drug-likeness (QED) is 0.441. The maximum absolute atomic E-state index is 12.4. The minimum absolute atomic E-state index is 0.161. The van der Waals surface area contributed by atoms with Gasteiger partial charge in [-0.3, -0.25) is 15.5 Å². The third-order valence-corrected chi connectivity index (χ3v) is 5.07. The van der Waals surface area contributed by atoms with Gasteiger partial charge < -0.3 is 4.74 Å². The predicted octanol–water partition coefficient (Wildman–Crippen LogP) is 3.54. The van der Waals surface area contributed by atoms with Gasteiger partial charge in [0.05, 0.1) is 6.61 Å². The van der Waals surface area contributed by atoms with Crippen LogP contribution < -0.4 is 15.5 Å². The Bertz CT molecular complexity index is 974. The predicted molar refractivity (Wildman–Crippen MR) is 118 cm³/mol. The number of thioether (sulfide) groups is 1. The van der Waals surface area contributed by atoms with Gasteiger partial charge >= 0.3 is 0 Å². The molecule has 0 fully saturated rings. The van der Waals surface area contributed by atoms with E-state index in [9.17, 15) is 4.79 Å². The summed E-state index contributed by atoms with van der Waals surface area (Å²) in [5.74, 6) is 1.78. The van der Waals surface area contributed by atoms with Crippen LogP contribution in [0.15, 0.2) is 59.8 Å². The summed E-state index contributed by atoms with van der Waals surface area (Å²) in [6.07, 6.45) is 0. The zero-order valence-corrected chi connectivity index (χ0v) is 17.7. The first-order chi connectivity index (χ1) is 14.1. The Labute approximate surface area is 178 Å². The van der Waals surface area contributed by atoms with Gasteiger partial charge in [-0.1, -0.05) is 42.1 Å². The van der Waals surface area contributed by atoms with Crippen molar-refractivity contribution >= 4 is 35.0 Å². The van der Waals surface area contributed by atoms with Gasteiger partial charge in [-0.2, -0.15) is 0 Å². The van der Waals surface area contributed by atoms with Gasteiger partial charge in [-0.15, -0.1) is 10.2 Å². The summed E-state index contributed by atoms with van der Waals surface area (Å²) in [7, 11) is 0. The van der Waals surface area contributed by atoms with E-state index in [1.165, 1.54) is 17.3 Å². The van der Waals surface area contributed by atoms with Crippen molar-refractivity contribution in [1.29, 1.82) is 0 Å². The second-order valence-corrected chi connectivity index (χ2v) is 7.34. The van der Waals surface area contributed by atoms with Crippen LogP contribution in [0, 0.1) is 6.92 Å². The molecular formula is C20H21N5O2S2. The lowest BCUT2D eigenvalue weighted by atomic mass is 10.2. The number of aromatic nitrogens is 3. The molecule has 0 spiro atoms. The van der Waals surface area contributed by atoms with Crippen LogP contribution in [0.1, 0.15) is 28.7 Å². The number of rotatable bonds is 7. The minimum atomic E-state index is -0.310. The van der Waals surface area contributed by atoms with Crippen molar-refractivity contribution in [3.8, 4) is 5.75 Å². The lowest BCUT2D eigenvalue weighted by molar-refractivity contribution is 0.0977. The summed E-state index contributed by atoms with van der Waals surface area (Å²) in [5.41, 5.74) is 4.63. The summed E-state index contributed by atoms with van der Waals surface area (Å²) in [5, 5.41) is 11.8. The van der Waals surface area contributed by atoms with Gasteiger partial charge in [-0.25, -0.2) is 4.68 Å². The highest BCUT2D eigenvalue weighted by Crippen LogP contribution is 2.20. The van der Waals surface area contributed by atoms with Crippen molar-refractivity contribution in [2.75, 3.05) is 12.0 Å². The molecule has 1 amide bonds. The molecule has 3 rings (SSSR count). The SMILES string of the molecule is CCOc1ccc(C(=O)NC(=S)Nn2c(C)nnc2SCc2ccccc2)cc1. The molecule has 2 aromatic carbocycles. The van der Waals surface area contributed by atoms with E-state index in [1.807, 2.05) is 32.0 Å². The molecule has 29 heavy (non-hydrogen) atoms. The lowest BCUT2D eigenvalue weighted by Gasteiger charge is -2.13. The maximum atomic E-state index is 12.4. The number of nitrogens with one attached hydrogen (secondary N) is 2. The molecule has 3 aromatic rings. The molecule has 7 nitrogen and oxygen atoms in total. The Morgan fingerprint density at radius 3 is 2.55 bits per heavy atom. The first kappa shape index (κ1) is 20.8. The van der Waals surface area contributed by atoms with Crippen LogP contribution in [-0.2, 0) is 5.75 Å². The van der Waals surface area contributed by atoms with Gasteiger partial charge in [-0.05, 0) is 55.9 Å². The van der Waals surface area contributed by atoms with Crippen LogP contribution in [0.2, 0.25) is 0 Å². The number of hydrogen-bond acceptors (Lipinski definition) is 6. The molecule has 0 aliphatic carbocycles. The third-order valence-electron chi connectivity index (χ3n) is 3.87. The fourth-order valence-electron chi connectivity index (χ4n) is 2.46. The number of amides is 1. The van der Waals surface area contributed by atoms with Crippen LogP contribution in [0.3, 0.4) is 0 Å². The van der Waals surface area contributed by atoms with E-state index in [1.54, 1.807) is 28.9 Å². The fraction of sp³-hybridized carbons (Fsp3) is 0.200. The molecule has 0 atom stereocenters. The normalized spacial score (nSPS) is 10.4. The number of carbonyl (C=O) groups is 1. The standard InChI is InChI=1S/C20H21N5O2S2/c1-3-27-17-11-9-16(10-12-17)18(26)21-19(28)24-25-14(2)22-23-20(25)29-13-15-7-5-4-6-8-15/h4-12H,3,13H2,1-2H3,(H2,21,24,26,28). The average Bonchev–Trinajstić information content (AvgIpc) is 3.07. The molecule has 2 N–H and O–H groups in total. The minimum Gasteiger partial charge on any atom is -0.494 e. The van der Waals surface area contributed by atoms with Crippen LogP contribution in [0.4, 0.5) is 0 Å². The van der Waals surface area contributed by atoms with Gasteiger partial charge in [0.15, 0.2) is 5.11 Å². The second-order valence-electron chi connectivity index (χ2n) is 5.99. The van der Waals surface area contributed by atoms with Gasteiger partial charge in [0.2, 0.25) is 5.16 Å². The van der Waals surface area contributed by atoms with Crippen LogP contribution in [0.5, 0.6) is 5.75 Å². The molecular weight excluding hydrogens is 406 g/mol. The van der Waals surface area contributed by atoms with E-state index < -0.39 is 0 Å². The smallest absolute Gasteiger partial charge is 0.257 e. The van der Waals surface area contributed by atoms with E-state index in [-0.39, 0.29) is 11.0 Å². The molecule has 150 valence electrons. The third kappa shape index (κ3) is 5.78. The van der Waals surface area contributed by atoms with Gasteiger partial charge in [0.25, 0.3) is 5.91 Å². The highest BCUT2D eigenvalue weighted by atomic mass is 32.2. The first-order valence-corrected chi connectivity index (χ1v) is 10.4. The van der Waals surface area contributed by atoms with Crippen LogP contribution >= 0.6 is 24.0 Å². The van der Waals surface area contributed by atoms with Crippen molar-refractivity contribution < 1.29 is 9.53 Å². The second kappa shape index (κ2) is 10.0. The summed E-state index contributed by atoms with van der Waals surface area (Å²) < 4.78 is 7.04. The number of carbonyl (C=O) groups excluding carboxylic acids is 1. The number of thiocarbonyl (C=S) groups is 1. The Morgan fingerprint density at radius 1 is 1.14 bits per heavy atom. The van der Waals surface area contributed by atoms with E-state index in [2.05, 4.69) is 33.1 Å². The molecule has 1 heterocycles. The van der Waals surface area contributed by atoms with E-state index in [0.29, 0.717) is 28.9 Å². The van der Waals surface area contributed by atoms with Crippen LogP contribution in [0.25, 0.3) is 0 Å². The van der Waals surface area contributed by atoms with Crippen molar-refractivity contribution in [3.05, 3.63) is 71.5 Å². The lowest BCUT2D eigenvalue weighted by Crippen LogP contribution is -2.38. The molecule has 0 saturated heterocycles. The Hall–Kier alpha value is -2.91. The zero-order chi connectivity index (χ0) is 20.6. The summed E-state index contributed by atoms with van der Waals surface area (Å²) in [6.45, 7) is 4.29.